The van der Waals surface area contributed by atoms with Crippen molar-refractivity contribution in [2.24, 2.45) is 5.92 Å². The molecule has 0 aliphatic carbocycles. The molecule has 2 saturated heterocycles. The smallest absolute Gasteiger partial charge is 0.334 e. The molecule has 0 spiro atoms. The lowest BCUT2D eigenvalue weighted by Crippen LogP contribution is -2.51. The fourth-order valence-corrected chi connectivity index (χ4v) is 3.45. The van der Waals surface area contributed by atoms with Crippen molar-refractivity contribution < 1.29 is 24.2 Å². The highest BCUT2D eigenvalue weighted by molar-refractivity contribution is 6.36. The molecule has 0 unspecified atom stereocenters. The predicted molar refractivity (Wildman–Crippen MR) is 90.9 cm³/mol. The number of benzene rings is 1. The van der Waals surface area contributed by atoms with Gasteiger partial charge >= 0.3 is 5.97 Å². The molecule has 1 aromatic rings. The fraction of sp³-hybridized carbons (Fsp3) is 0.438. The number of carboxylic acids is 1. The zero-order valence-electron chi connectivity index (χ0n) is 13.2. The number of rotatable bonds is 3. The van der Waals surface area contributed by atoms with Crippen LogP contribution in [-0.4, -0.2) is 60.1 Å². The minimum Gasteiger partial charge on any atom is -0.479 e. The number of carboxylic acid groups (broad SMARTS) is 1. The van der Waals surface area contributed by atoms with Crippen molar-refractivity contribution in [2.75, 3.05) is 31.1 Å². The number of ether oxygens (including phenoxy) is 1. The molecule has 1 N–H and O–H groups in total. The first-order valence-electron chi connectivity index (χ1n) is 7.78. The largest absolute Gasteiger partial charge is 0.479 e. The zero-order chi connectivity index (χ0) is 18.1. The van der Waals surface area contributed by atoms with Gasteiger partial charge in [-0.15, -0.1) is 0 Å². The highest BCUT2D eigenvalue weighted by Crippen LogP contribution is 2.34. The SMILES string of the molecule is O=C(O)[C@H]1CN(C(=O)[C@@H]2CCN(c3cc(Cl)ccc3Cl)C2=O)CCO1. The van der Waals surface area contributed by atoms with E-state index in [2.05, 4.69) is 0 Å². The van der Waals surface area contributed by atoms with Crippen LogP contribution in [0, 0.1) is 5.92 Å². The minimum atomic E-state index is -1.12. The number of hydrogen-bond donors (Lipinski definition) is 1. The maximum Gasteiger partial charge on any atom is 0.334 e. The lowest BCUT2D eigenvalue weighted by Gasteiger charge is -2.32. The molecule has 2 fully saturated rings. The van der Waals surface area contributed by atoms with Gasteiger partial charge in [-0.25, -0.2) is 4.79 Å². The first-order chi connectivity index (χ1) is 11.9. The Labute approximate surface area is 154 Å². The average Bonchev–Trinajstić information content (AvgIpc) is 2.98. The van der Waals surface area contributed by atoms with E-state index in [1.165, 1.54) is 9.80 Å². The van der Waals surface area contributed by atoms with E-state index in [0.717, 1.165) is 0 Å². The first kappa shape index (κ1) is 18.0. The maximum atomic E-state index is 12.7. The van der Waals surface area contributed by atoms with E-state index in [0.29, 0.717) is 28.7 Å². The van der Waals surface area contributed by atoms with Crippen LogP contribution < -0.4 is 4.90 Å². The normalized spacial score (nSPS) is 23.8. The molecule has 25 heavy (non-hydrogen) atoms. The average molecular weight is 387 g/mol. The van der Waals surface area contributed by atoms with E-state index >= 15 is 0 Å². The Morgan fingerprint density at radius 2 is 2.00 bits per heavy atom. The second-order valence-corrected chi connectivity index (χ2v) is 6.75. The standard InChI is InChI=1S/C16H16Cl2N2O5/c17-9-1-2-11(18)12(7-9)20-4-3-10(15(20)22)14(21)19-5-6-25-13(8-19)16(23)24/h1-2,7,10,13H,3-6,8H2,(H,23,24)/t10-,13+/m0/s1. The van der Waals surface area contributed by atoms with Crippen LogP contribution in [0.25, 0.3) is 0 Å². The Hall–Kier alpha value is -1.83. The third-order valence-corrected chi connectivity index (χ3v) is 4.91. The molecule has 7 nitrogen and oxygen atoms in total. The van der Waals surface area contributed by atoms with Crippen molar-refractivity contribution in [2.45, 2.75) is 12.5 Å². The summed E-state index contributed by atoms with van der Waals surface area (Å²) in [6.45, 7) is 0.690. The fourth-order valence-electron chi connectivity index (χ4n) is 3.06. The van der Waals surface area contributed by atoms with Crippen LogP contribution >= 0.6 is 23.2 Å². The summed E-state index contributed by atoms with van der Waals surface area (Å²) < 4.78 is 5.11. The Kier molecular flexibility index (Phi) is 5.17. The van der Waals surface area contributed by atoms with Crippen LogP contribution in [0.4, 0.5) is 5.69 Å². The van der Waals surface area contributed by atoms with Gasteiger partial charge < -0.3 is 19.6 Å². The van der Waals surface area contributed by atoms with Gasteiger partial charge in [-0.1, -0.05) is 23.2 Å². The molecule has 2 atom stereocenters. The topological polar surface area (TPSA) is 87.2 Å². The number of amides is 2. The van der Waals surface area contributed by atoms with Gasteiger partial charge in [0, 0.05) is 18.1 Å². The van der Waals surface area contributed by atoms with Crippen LogP contribution in [0.3, 0.4) is 0 Å². The zero-order valence-corrected chi connectivity index (χ0v) is 14.7. The summed E-state index contributed by atoms with van der Waals surface area (Å²) >= 11 is 12.1. The number of hydrogen-bond acceptors (Lipinski definition) is 4. The summed E-state index contributed by atoms with van der Waals surface area (Å²) in [6, 6.07) is 4.81. The van der Waals surface area contributed by atoms with Gasteiger partial charge in [-0.3, -0.25) is 9.59 Å². The van der Waals surface area contributed by atoms with Crippen molar-refractivity contribution in [1.82, 2.24) is 4.90 Å². The van der Waals surface area contributed by atoms with Gasteiger partial charge in [0.05, 0.1) is 23.9 Å². The number of anilines is 1. The Morgan fingerprint density at radius 3 is 2.72 bits per heavy atom. The van der Waals surface area contributed by atoms with E-state index in [9.17, 15) is 14.4 Å². The molecule has 0 bridgehead atoms. The molecule has 2 amide bonds. The lowest BCUT2D eigenvalue weighted by atomic mass is 10.1. The molecule has 0 radical (unpaired) electrons. The van der Waals surface area contributed by atoms with Gasteiger partial charge in [0.2, 0.25) is 11.8 Å². The number of aliphatic carboxylic acids is 1. The Morgan fingerprint density at radius 1 is 1.24 bits per heavy atom. The quantitative estimate of drug-likeness (QED) is 0.798. The second-order valence-electron chi connectivity index (χ2n) is 5.91. The molecule has 0 aromatic heterocycles. The molecule has 2 aliphatic heterocycles. The highest BCUT2D eigenvalue weighted by Gasteiger charge is 2.42. The minimum absolute atomic E-state index is 0.0597. The summed E-state index contributed by atoms with van der Waals surface area (Å²) in [6.07, 6.45) is -0.719. The number of halogens is 2. The van der Waals surface area contributed by atoms with E-state index < -0.39 is 18.0 Å². The second kappa shape index (κ2) is 7.19. The van der Waals surface area contributed by atoms with Gasteiger partial charge in [-0.2, -0.15) is 0 Å². The van der Waals surface area contributed by atoms with E-state index in [1.807, 2.05) is 0 Å². The van der Waals surface area contributed by atoms with Crippen molar-refractivity contribution in [3.63, 3.8) is 0 Å². The number of nitrogens with zero attached hydrogens (tertiary/aromatic N) is 2. The van der Waals surface area contributed by atoms with Crippen LogP contribution in [0.2, 0.25) is 10.0 Å². The van der Waals surface area contributed by atoms with Crippen LogP contribution in [0.1, 0.15) is 6.42 Å². The third-order valence-electron chi connectivity index (χ3n) is 4.36. The monoisotopic (exact) mass is 386 g/mol. The van der Waals surface area contributed by atoms with Crippen LogP contribution in [-0.2, 0) is 19.1 Å². The molecule has 1 aromatic carbocycles. The van der Waals surface area contributed by atoms with Gasteiger partial charge in [0.1, 0.15) is 5.92 Å². The molecular formula is C16H16Cl2N2O5. The van der Waals surface area contributed by atoms with Gasteiger partial charge in [0.15, 0.2) is 6.10 Å². The number of carbonyl (C=O) groups excluding carboxylic acids is 2. The van der Waals surface area contributed by atoms with Gasteiger partial charge in [-0.05, 0) is 24.6 Å². The molecule has 9 heteroatoms. The Bertz CT molecular complexity index is 726. The predicted octanol–water partition coefficient (Wildman–Crippen LogP) is 1.66. The van der Waals surface area contributed by atoms with Gasteiger partial charge in [0.25, 0.3) is 0 Å². The van der Waals surface area contributed by atoms with Crippen molar-refractivity contribution >= 4 is 46.7 Å². The van der Waals surface area contributed by atoms with Crippen molar-refractivity contribution in [3.05, 3.63) is 28.2 Å². The molecule has 3 rings (SSSR count). The van der Waals surface area contributed by atoms with Crippen molar-refractivity contribution in [1.29, 1.82) is 0 Å². The molecule has 2 heterocycles. The van der Waals surface area contributed by atoms with Crippen molar-refractivity contribution in [3.8, 4) is 0 Å². The van der Waals surface area contributed by atoms with Crippen LogP contribution in [0.5, 0.6) is 0 Å². The molecule has 134 valence electrons. The number of morpholine rings is 1. The summed E-state index contributed by atoms with van der Waals surface area (Å²) in [5, 5.41) is 9.86. The molecule has 2 aliphatic rings. The summed E-state index contributed by atoms with van der Waals surface area (Å²) in [5.74, 6) is -2.70. The number of carbonyl (C=O) groups is 3. The summed E-state index contributed by atoms with van der Waals surface area (Å²) in [5.41, 5.74) is 0.472. The van der Waals surface area contributed by atoms with Crippen LogP contribution in [0.15, 0.2) is 18.2 Å². The molecular weight excluding hydrogens is 371 g/mol. The maximum absolute atomic E-state index is 12.7. The first-order valence-corrected chi connectivity index (χ1v) is 8.53. The van der Waals surface area contributed by atoms with E-state index in [1.54, 1.807) is 18.2 Å². The van der Waals surface area contributed by atoms with E-state index in [-0.39, 0.29) is 31.5 Å². The molecule has 0 saturated carbocycles. The third kappa shape index (κ3) is 3.58. The lowest BCUT2D eigenvalue weighted by molar-refractivity contribution is -0.160. The highest BCUT2D eigenvalue weighted by atomic mass is 35.5. The summed E-state index contributed by atoms with van der Waals surface area (Å²) in [7, 11) is 0. The Balaban J connectivity index is 1.74. The van der Waals surface area contributed by atoms with E-state index in [4.69, 9.17) is 33.0 Å². The summed E-state index contributed by atoms with van der Waals surface area (Å²) in [4.78, 5) is 39.3.